The quantitative estimate of drug-likeness (QED) is 0.340. The van der Waals surface area contributed by atoms with E-state index in [1.165, 1.54) is 0 Å². The van der Waals surface area contributed by atoms with Crippen molar-refractivity contribution in [1.82, 2.24) is 5.32 Å². The highest BCUT2D eigenvalue weighted by atomic mass is 16.5. The van der Waals surface area contributed by atoms with E-state index in [-0.39, 0.29) is 24.4 Å². The van der Waals surface area contributed by atoms with Gasteiger partial charge in [-0.15, -0.1) is 0 Å². The highest BCUT2D eigenvalue weighted by Crippen LogP contribution is 2.16. The molecule has 0 aliphatic carbocycles. The molecule has 0 heterocycles. The number of nitrogens with one attached hydrogen (secondary N) is 3. The van der Waals surface area contributed by atoms with Gasteiger partial charge in [0.2, 0.25) is 5.91 Å². The molecule has 0 spiro atoms. The summed E-state index contributed by atoms with van der Waals surface area (Å²) >= 11 is 0. The van der Waals surface area contributed by atoms with Crippen molar-refractivity contribution in [2.75, 3.05) is 30.4 Å². The molecule has 7 nitrogen and oxygen atoms in total. The zero-order chi connectivity index (χ0) is 24.2. The Hall–Kier alpha value is -4.00. The summed E-state index contributed by atoms with van der Waals surface area (Å²) in [6.45, 7) is 4.98. The third-order valence-electron chi connectivity index (χ3n) is 5.09. The Morgan fingerprint density at radius 3 is 2.00 bits per heavy atom. The summed E-state index contributed by atoms with van der Waals surface area (Å²) < 4.78 is 11.3. The molecule has 1 unspecified atom stereocenters. The minimum atomic E-state index is -0.185. The van der Waals surface area contributed by atoms with Crippen LogP contribution in [0.2, 0.25) is 0 Å². The summed E-state index contributed by atoms with van der Waals surface area (Å²) in [7, 11) is 0. The average molecular weight is 462 g/mol. The number of hydrogen-bond donors (Lipinski definition) is 3. The van der Waals surface area contributed by atoms with E-state index < -0.39 is 0 Å². The number of anilines is 2. The van der Waals surface area contributed by atoms with Crippen molar-refractivity contribution in [3.63, 3.8) is 0 Å². The molecule has 178 valence electrons. The maximum atomic E-state index is 12.3. The van der Waals surface area contributed by atoms with E-state index in [4.69, 9.17) is 9.47 Å². The zero-order valence-corrected chi connectivity index (χ0v) is 19.5. The van der Waals surface area contributed by atoms with Crippen molar-refractivity contribution in [1.29, 1.82) is 0 Å². The van der Waals surface area contributed by atoms with Crippen molar-refractivity contribution in [2.24, 2.45) is 0 Å². The summed E-state index contributed by atoms with van der Waals surface area (Å²) in [5.74, 6) is 1.23. The Bertz CT molecular complexity index is 1040. The lowest BCUT2D eigenvalue weighted by molar-refractivity contribution is -0.114. The first kappa shape index (κ1) is 24.6. The Kier molecular flexibility index (Phi) is 9.34. The molecule has 0 aliphatic heterocycles. The fourth-order valence-corrected chi connectivity index (χ4v) is 3.01. The second-order valence-electron chi connectivity index (χ2n) is 7.80. The lowest BCUT2D eigenvalue weighted by Crippen LogP contribution is -2.31. The molecule has 0 fully saturated rings. The van der Waals surface area contributed by atoms with Crippen LogP contribution in [0.4, 0.5) is 11.4 Å². The van der Waals surface area contributed by atoms with Crippen LogP contribution in [-0.4, -0.2) is 37.6 Å². The first-order chi connectivity index (χ1) is 16.5. The predicted octanol–water partition coefficient (Wildman–Crippen LogP) is 4.72. The van der Waals surface area contributed by atoms with Gasteiger partial charge in [0.25, 0.3) is 5.91 Å². The van der Waals surface area contributed by atoms with Gasteiger partial charge in [-0.2, -0.15) is 0 Å². The third-order valence-corrected chi connectivity index (χ3v) is 5.09. The molecular weight excluding hydrogens is 430 g/mol. The molecule has 0 saturated heterocycles. The van der Waals surface area contributed by atoms with E-state index in [1.807, 2.05) is 68.4 Å². The third kappa shape index (κ3) is 8.16. The molecule has 0 bridgehead atoms. The van der Waals surface area contributed by atoms with Crippen LogP contribution in [-0.2, 0) is 4.79 Å². The fourth-order valence-electron chi connectivity index (χ4n) is 3.01. The molecule has 0 radical (unpaired) electrons. The highest BCUT2D eigenvalue weighted by Gasteiger charge is 2.09. The maximum Gasteiger partial charge on any atom is 0.251 e. The lowest BCUT2D eigenvalue weighted by Gasteiger charge is -2.12. The number of benzene rings is 3. The number of ether oxygens (including phenoxy) is 2. The van der Waals surface area contributed by atoms with Gasteiger partial charge in [0.15, 0.2) is 0 Å². The van der Waals surface area contributed by atoms with E-state index in [9.17, 15) is 9.59 Å². The zero-order valence-electron chi connectivity index (χ0n) is 19.5. The van der Waals surface area contributed by atoms with Crippen LogP contribution in [0.3, 0.4) is 0 Å². The molecule has 2 amide bonds. The molecule has 3 aromatic carbocycles. The Morgan fingerprint density at radius 1 is 0.794 bits per heavy atom. The van der Waals surface area contributed by atoms with Crippen LogP contribution >= 0.6 is 0 Å². The van der Waals surface area contributed by atoms with Crippen molar-refractivity contribution in [3.8, 4) is 11.5 Å². The van der Waals surface area contributed by atoms with Gasteiger partial charge in [-0.1, -0.05) is 25.1 Å². The summed E-state index contributed by atoms with van der Waals surface area (Å²) in [6, 6.07) is 23.9. The van der Waals surface area contributed by atoms with Crippen LogP contribution in [0.25, 0.3) is 0 Å². The van der Waals surface area contributed by atoms with E-state index in [0.29, 0.717) is 24.5 Å². The van der Waals surface area contributed by atoms with Gasteiger partial charge in [-0.05, 0) is 74.0 Å². The van der Waals surface area contributed by atoms with Gasteiger partial charge in [0.1, 0.15) is 24.7 Å². The molecule has 3 aromatic rings. The topological polar surface area (TPSA) is 88.7 Å². The molecule has 7 heteroatoms. The van der Waals surface area contributed by atoms with Crippen molar-refractivity contribution in [3.05, 3.63) is 84.4 Å². The summed E-state index contributed by atoms with van der Waals surface area (Å²) in [5.41, 5.74) is 2.00. The molecular formula is C27H31N3O4. The average Bonchev–Trinajstić information content (AvgIpc) is 2.87. The molecule has 1 atom stereocenters. The second-order valence-corrected chi connectivity index (χ2v) is 7.80. The number of rotatable bonds is 12. The Balaban J connectivity index is 1.37. The smallest absolute Gasteiger partial charge is 0.251 e. The fraction of sp³-hybridized carbons (Fsp3) is 0.259. The summed E-state index contributed by atoms with van der Waals surface area (Å²) in [6.07, 6.45) is 0.867. The normalized spacial score (nSPS) is 11.2. The molecule has 3 rings (SSSR count). The van der Waals surface area contributed by atoms with E-state index in [1.54, 1.807) is 24.3 Å². The van der Waals surface area contributed by atoms with Crippen molar-refractivity contribution >= 4 is 23.2 Å². The first-order valence-electron chi connectivity index (χ1n) is 11.4. The number of amides is 2. The highest BCUT2D eigenvalue weighted by molar-refractivity contribution is 5.96. The summed E-state index contributed by atoms with van der Waals surface area (Å²) in [4.78, 5) is 24.4. The van der Waals surface area contributed by atoms with Crippen LogP contribution in [0.1, 0.15) is 30.6 Å². The van der Waals surface area contributed by atoms with E-state index in [0.717, 1.165) is 23.6 Å². The van der Waals surface area contributed by atoms with Crippen LogP contribution in [0, 0.1) is 0 Å². The molecule has 0 aromatic heterocycles. The van der Waals surface area contributed by atoms with Crippen LogP contribution in [0.5, 0.6) is 11.5 Å². The van der Waals surface area contributed by atoms with Crippen molar-refractivity contribution < 1.29 is 19.1 Å². The summed E-state index contributed by atoms with van der Waals surface area (Å²) in [5, 5.41) is 8.82. The molecule has 34 heavy (non-hydrogen) atoms. The number of para-hydroxylation sites is 1. The molecule has 0 saturated carbocycles. The van der Waals surface area contributed by atoms with Gasteiger partial charge < -0.3 is 25.4 Å². The van der Waals surface area contributed by atoms with E-state index >= 15 is 0 Å². The number of carbonyl (C=O) groups is 2. The SMILES string of the molecule is CCC(C)NC(=O)c1ccc(NC(=O)CNc2ccc(OCCOc3ccccc3)cc2)cc1. The predicted molar refractivity (Wildman–Crippen MR) is 135 cm³/mol. The minimum absolute atomic E-state index is 0.112. The largest absolute Gasteiger partial charge is 0.490 e. The van der Waals surface area contributed by atoms with Gasteiger partial charge in [-0.3, -0.25) is 9.59 Å². The lowest BCUT2D eigenvalue weighted by atomic mass is 10.1. The Labute approximate surface area is 200 Å². The standard InChI is InChI=1S/C27H31N3O4/c1-3-20(2)29-27(32)21-9-11-23(12-10-21)30-26(31)19-28-22-13-15-25(16-14-22)34-18-17-33-24-7-5-4-6-8-24/h4-16,20,28H,3,17-19H2,1-2H3,(H,29,32)(H,30,31). The molecule has 0 aliphatic rings. The number of carbonyl (C=O) groups excluding carboxylic acids is 2. The monoisotopic (exact) mass is 461 g/mol. The minimum Gasteiger partial charge on any atom is -0.490 e. The first-order valence-corrected chi connectivity index (χ1v) is 11.4. The van der Waals surface area contributed by atoms with E-state index in [2.05, 4.69) is 16.0 Å². The van der Waals surface area contributed by atoms with Gasteiger partial charge >= 0.3 is 0 Å². The van der Waals surface area contributed by atoms with Crippen LogP contribution in [0.15, 0.2) is 78.9 Å². The number of hydrogen-bond acceptors (Lipinski definition) is 5. The van der Waals surface area contributed by atoms with Crippen molar-refractivity contribution in [2.45, 2.75) is 26.3 Å². The Morgan fingerprint density at radius 2 is 1.38 bits per heavy atom. The molecule has 3 N–H and O–H groups in total. The van der Waals surface area contributed by atoms with Gasteiger partial charge in [0, 0.05) is 23.0 Å². The van der Waals surface area contributed by atoms with Gasteiger partial charge in [0.05, 0.1) is 6.54 Å². The van der Waals surface area contributed by atoms with Gasteiger partial charge in [-0.25, -0.2) is 0 Å². The maximum absolute atomic E-state index is 12.3. The second kappa shape index (κ2) is 12.9. The van der Waals surface area contributed by atoms with Crippen LogP contribution < -0.4 is 25.4 Å².